The summed E-state index contributed by atoms with van der Waals surface area (Å²) in [6.45, 7) is 8.75. The average Bonchev–Trinajstić information content (AvgIpc) is 3.35. The zero-order valence-electron chi connectivity index (χ0n) is 20.5. The lowest BCUT2D eigenvalue weighted by Gasteiger charge is -2.28. The summed E-state index contributed by atoms with van der Waals surface area (Å²) in [6, 6.07) is 21.8. The van der Waals surface area contributed by atoms with Gasteiger partial charge in [0.25, 0.3) is 0 Å². The van der Waals surface area contributed by atoms with Gasteiger partial charge in [-0.25, -0.2) is 0 Å². The lowest BCUT2D eigenvalue weighted by Crippen LogP contribution is -2.29. The third kappa shape index (κ3) is 3.98. The van der Waals surface area contributed by atoms with Gasteiger partial charge in [-0.3, -0.25) is 4.98 Å². The Labute approximate surface area is 212 Å². The molecule has 1 saturated heterocycles. The molecule has 178 valence electrons. The molecule has 0 spiro atoms. The molecule has 2 N–H and O–H groups in total. The van der Waals surface area contributed by atoms with Crippen molar-refractivity contribution in [3.63, 3.8) is 0 Å². The van der Waals surface area contributed by atoms with Crippen LogP contribution in [0.15, 0.2) is 72.9 Å². The highest BCUT2D eigenvalue weighted by atomic mass is 32.1. The van der Waals surface area contributed by atoms with Crippen LogP contribution in [0, 0.1) is 20.8 Å². The zero-order chi connectivity index (χ0) is 24.7. The van der Waals surface area contributed by atoms with Crippen LogP contribution in [0.25, 0.3) is 5.69 Å². The number of pyridine rings is 1. The van der Waals surface area contributed by atoms with Crippen LogP contribution < -0.4 is 10.2 Å². The van der Waals surface area contributed by atoms with Crippen LogP contribution in [0.3, 0.4) is 0 Å². The van der Waals surface area contributed by atoms with Crippen molar-refractivity contribution in [3.05, 3.63) is 107 Å². The molecule has 2 unspecified atom stereocenters. The molecular weight excluding hydrogens is 452 g/mol. The van der Waals surface area contributed by atoms with Crippen LogP contribution in [0.5, 0.6) is 5.75 Å². The molecule has 4 aromatic rings. The molecule has 1 aliphatic heterocycles. The monoisotopic (exact) mass is 482 g/mol. The Morgan fingerprint density at radius 2 is 1.77 bits per heavy atom. The number of nitrogens with one attached hydrogen (secondary N) is 1. The number of nitrogens with zero attached hydrogens (tertiary/aromatic N) is 3. The number of hydrogen-bond donors (Lipinski definition) is 2. The van der Waals surface area contributed by atoms with Crippen molar-refractivity contribution in [2.45, 2.75) is 46.2 Å². The van der Waals surface area contributed by atoms with Crippen LogP contribution in [0.4, 0.5) is 5.69 Å². The maximum absolute atomic E-state index is 9.88. The number of rotatable bonds is 5. The number of anilines is 1. The maximum Gasteiger partial charge on any atom is 0.174 e. The molecule has 5 nitrogen and oxygen atoms in total. The van der Waals surface area contributed by atoms with Crippen molar-refractivity contribution in [2.75, 3.05) is 4.90 Å². The predicted molar refractivity (Wildman–Crippen MR) is 145 cm³/mol. The third-order valence-electron chi connectivity index (χ3n) is 6.94. The highest BCUT2D eigenvalue weighted by molar-refractivity contribution is 7.80. The molecular formula is C29H30N4OS. The van der Waals surface area contributed by atoms with E-state index in [1.165, 1.54) is 33.8 Å². The van der Waals surface area contributed by atoms with Crippen molar-refractivity contribution in [2.24, 2.45) is 0 Å². The highest BCUT2D eigenvalue weighted by Crippen LogP contribution is 2.44. The fourth-order valence-electron chi connectivity index (χ4n) is 5.32. The minimum atomic E-state index is -0.117. The van der Waals surface area contributed by atoms with Gasteiger partial charge in [0.1, 0.15) is 5.75 Å². The van der Waals surface area contributed by atoms with Gasteiger partial charge in [-0.05, 0) is 98.6 Å². The van der Waals surface area contributed by atoms with E-state index in [0.29, 0.717) is 5.11 Å². The van der Waals surface area contributed by atoms with Crippen molar-refractivity contribution in [1.82, 2.24) is 14.9 Å². The van der Waals surface area contributed by atoms with E-state index >= 15 is 0 Å². The van der Waals surface area contributed by atoms with Crippen LogP contribution in [0.1, 0.15) is 52.8 Å². The van der Waals surface area contributed by atoms with Crippen molar-refractivity contribution in [3.8, 4) is 11.4 Å². The second-order valence-corrected chi connectivity index (χ2v) is 9.50. The van der Waals surface area contributed by atoms with E-state index in [1.807, 2.05) is 36.5 Å². The van der Waals surface area contributed by atoms with Gasteiger partial charge in [0, 0.05) is 23.3 Å². The number of hydrogen-bond acceptors (Lipinski definition) is 3. The van der Waals surface area contributed by atoms with Crippen LogP contribution >= 0.6 is 12.2 Å². The molecule has 0 amide bonds. The van der Waals surface area contributed by atoms with E-state index in [4.69, 9.17) is 12.2 Å². The summed E-state index contributed by atoms with van der Waals surface area (Å²) in [5.41, 5.74) is 9.29. The molecule has 6 heteroatoms. The van der Waals surface area contributed by atoms with E-state index in [1.54, 1.807) is 12.1 Å². The Kier molecular flexibility index (Phi) is 6.07. The molecule has 2 aromatic carbocycles. The van der Waals surface area contributed by atoms with Gasteiger partial charge in [0.05, 0.1) is 23.5 Å². The first-order valence-corrected chi connectivity index (χ1v) is 12.4. The van der Waals surface area contributed by atoms with Crippen LogP contribution in [-0.2, 0) is 6.42 Å². The number of aromatic hydroxyl groups is 1. The van der Waals surface area contributed by atoms with E-state index < -0.39 is 0 Å². The summed E-state index contributed by atoms with van der Waals surface area (Å²) in [7, 11) is 0. The number of phenolic OH excluding ortho intramolecular Hbond substituents is 1. The fraction of sp³-hybridized carbons (Fsp3) is 0.241. The molecule has 0 radical (unpaired) electrons. The first-order chi connectivity index (χ1) is 16.9. The fourth-order valence-corrected chi connectivity index (χ4v) is 5.66. The summed E-state index contributed by atoms with van der Waals surface area (Å²) in [6.07, 6.45) is 2.79. The molecule has 1 fully saturated rings. The molecule has 1 aliphatic rings. The molecule has 0 aliphatic carbocycles. The Bertz CT molecular complexity index is 1380. The average molecular weight is 483 g/mol. The van der Waals surface area contributed by atoms with E-state index in [2.05, 4.69) is 71.7 Å². The van der Waals surface area contributed by atoms with Crippen molar-refractivity contribution in [1.29, 1.82) is 0 Å². The molecule has 3 heterocycles. The van der Waals surface area contributed by atoms with E-state index in [0.717, 1.165) is 17.8 Å². The summed E-state index contributed by atoms with van der Waals surface area (Å²) >= 11 is 5.86. The third-order valence-corrected chi connectivity index (χ3v) is 7.26. The van der Waals surface area contributed by atoms with Gasteiger partial charge in [0.2, 0.25) is 0 Å². The van der Waals surface area contributed by atoms with Gasteiger partial charge in [-0.15, -0.1) is 0 Å². The second-order valence-electron chi connectivity index (χ2n) is 9.11. The number of phenols is 1. The Morgan fingerprint density at radius 1 is 1.00 bits per heavy atom. The number of benzene rings is 2. The van der Waals surface area contributed by atoms with Crippen molar-refractivity contribution < 1.29 is 5.11 Å². The molecule has 35 heavy (non-hydrogen) atoms. The topological polar surface area (TPSA) is 53.3 Å². The van der Waals surface area contributed by atoms with Gasteiger partial charge in [0.15, 0.2) is 5.11 Å². The molecule has 2 atom stereocenters. The normalized spacial score (nSPS) is 17.6. The van der Waals surface area contributed by atoms with Gasteiger partial charge in [-0.1, -0.05) is 31.2 Å². The Balaban J connectivity index is 1.71. The molecule has 0 bridgehead atoms. The van der Waals surface area contributed by atoms with Crippen LogP contribution in [0.2, 0.25) is 0 Å². The SMILES string of the molecule is CCc1cccc(C)c1-n1c(C)cc(C2C(c3ccccn3)NC(=S)N2c2ccc(O)cc2)c1C. The molecule has 0 saturated carbocycles. The minimum Gasteiger partial charge on any atom is -0.508 e. The highest BCUT2D eigenvalue weighted by Gasteiger charge is 2.42. The number of aryl methyl sites for hydroxylation is 3. The van der Waals surface area contributed by atoms with Crippen LogP contribution in [-0.4, -0.2) is 19.8 Å². The van der Waals surface area contributed by atoms with Gasteiger partial charge < -0.3 is 19.9 Å². The smallest absolute Gasteiger partial charge is 0.174 e. The second kappa shape index (κ2) is 9.19. The molecule has 2 aromatic heterocycles. The molecule has 5 rings (SSSR count). The van der Waals surface area contributed by atoms with Crippen molar-refractivity contribution >= 4 is 23.0 Å². The first-order valence-electron chi connectivity index (χ1n) is 12.0. The standard InChI is InChI=1S/C29H30N4OS/c1-5-21-10-8-9-18(2)27(21)32-19(3)17-24(20(32)4)28-26(25-11-6-7-16-30-25)31-29(35)33(28)22-12-14-23(34)15-13-22/h6-17,26,28,34H,5H2,1-4H3,(H,31,35). The maximum atomic E-state index is 9.88. The summed E-state index contributed by atoms with van der Waals surface area (Å²) in [5.74, 6) is 0.231. The van der Waals surface area contributed by atoms with Gasteiger partial charge in [-0.2, -0.15) is 0 Å². The van der Waals surface area contributed by atoms with E-state index in [-0.39, 0.29) is 17.8 Å². The number of para-hydroxylation sites is 1. The van der Waals surface area contributed by atoms with E-state index in [9.17, 15) is 5.11 Å². The largest absolute Gasteiger partial charge is 0.508 e. The number of aromatic nitrogens is 2. The minimum absolute atomic E-state index is 0.101. The number of thiocarbonyl (C=S) groups is 1. The van der Waals surface area contributed by atoms with Gasteiger partial charge >= 0.3 is 0 Å². The summed E-state index contributed by atoms with van der Waals surface area (Å²) in [4.78, 5) is 6.83. The first kappa shape index (κ1) is 23.1. The Hall–Kier alpha value is -3.64. The lowest BCUT2D eigenvalue weighted by molar-refractivity contribution is 0.475. The zero-order valence-corrected chi connectivity index (χ0v) is 21.3. The summed E-state index contributed by atoms with van der Waals surface area (Å²) < 4.78 is 2.38. The quantitative estimate of drug-likeness (QED) is 0.330. The lowest BCUT2D eigenvalue weighted by atomic mass is 9.96. The predicted octanol–water partition coefficient (Wildman–Crippen LogP) is 6.24. The Morgan fingerprint density at radius 3 is 2.46 bits per heavy atom. The summed E-state index contributed by atoms with van der Waals surface area (Å²) in [5, 5.41) is 14.1.